The second kappa shape index (κ2) is 2.06. The molecule has 0 spiro atoms. The molecule has 0 aromatic carbocycles. The highest BCUT2D eigenvalue weighted by molar-refractivity contribution is 4.80. The second-order valence-corrected chi connectivity index (χ2v) is 2.94. The lowest BCUT2D eigenvalue weighted by Gasteiger charge is -2.11. The molecule has 1 unspecified atom stereocenters. The second-order valence-electron chi connectivity index (χ2n) is 2.94. The van der Waals surface area contributed by atoms with Crippen LogP contribution in [0.3, 0.4) is 0 Å². The molecule has 48 valence electrons. The van der Waals surface area contributed by atoms with Gasteiger partial charge in [-0.1, -0.05) is 6.92 Å². The Kier molecular flexibility index (Phi) is 1.57. The third-order valence-corrected chi connectivity index (χ3v) is 2.13. The predicted octanol–water partition coefficient (Wildman–Crippen LogP) is 1.41. The minimum Gasteiger partial charge on any atom is -0.393 e. The molecular weight excluding hydrogens is 100 g/mol. The van der Waals surface area contributed by atoms with E-state index in [-0.39, 0.29) is 6.10 Å². The van der Waals surface area contributed by atoms with Crippen molar-refractivity contribution in [3.05, 3.63) is 0 Å². The van der Waals surface area contributed by atoms with Crippen molar-refractivity contribution >= 4 is 0 Å². The average Bonchev–Trinajstić information content (AvgIpc) is 2.43. The zero-order valence-electron chi connectivity index (χ0n) is 5.59. The van der Waals surface area contributed by atoms with Crippen LogP contribution in [0.4, 0.5) is 0 Å². The molecule has 0 aromatic rings. The smallest absolute Gasteiger partial charge is 0.0540 e. The molecule has 0 amide bonds. The molecule has 1 heteroatoms. The molecule has 1 saturated carbocycles. The first-order chi connectivity index (χ1) is 3.72. The molecule has 0 aromatic heterocycles. The van der Waals surface area contributed by atoms with E-state index < -0.39 is 0 Å². The lowest BCUT2D eigenvalue weighted by molar-refractivity contribution is 0.123. The van der Waals surface area contributed by atoms with Crippen LogP contribution in [0.1, 0.15) is 26.7 Å². The minimum absolute atomic E-state index is 0.0949. The van der Waals surface area contributed by atoms with Crippen molar-refractivity contribution in [2.45, 2.75) is 32.8 Å². The summed E-state index contributed by atoms with van der Waals surface area (Å²) in [4.78, 5) is 0. The fourth-order valence-electron chi connectivity index (χ4n) is 1.02. The van der Waals surface area contributed by atoms with E-state index in [2.05, 4.69) is 6.92 Å². The largest absolute Gasteiger partial charge is 0.393 e. The average molecular weight is 114 g/mol. The molecule has 0 aliphatic heterocycles. The Morgan fingerprint density at radius 1 is 1.38 bits per heavy atom. The van der Waals surface area contributed by atoms with Crippen molar-refractivity contribution in [1.29, 1.82) is 0 Å². The Morgan fingerprint density at radius 3 is 2.00 bits per heavy atom. The molecular formula is C7H14O. The quantitative estimate of drug-likeness (QED) is 0.575. The molecule has 8 heavy (non-hydrogen) atoms. The summed E-state index contributed by atoms with van der Waals surface area (Å²) in [6, 6.07) is 0. The van der Waals surface area contributed by atoms with Gasteiger partial charge in [-0.05, 0) is 31.6 Å². The Hall–Kier alpha value is -0.0400. The molecule has 1 nitrogen and oxygen atoms in total. The van der Waals surface area contributed by atoms with Gasteiger partial charge >= 0.3 is 0 Å². The van der Waals surface area contributed by atoms with E-state index in [1.54, 1.807) is 0 Å². The van der Waals surface area contributed by atoms with Crippen molar-refractivity contribution in [3.8, 4) is 0 Å². The molecule has 0 saturated heterocycles. The first kappa shape index (κ1) is 6.09. The van der Waals surface area contributed by atoms with Gasteiger partial charge in [-0.3, -0.25) is 0 Å². The van der Waals surface area contributed by atoms with E-state index in [1.807, 2.05) is 6.92 Å². The molecule has 1 fully saturated rings. The summed E-state index contributed by atoms with van der Waals surface area (Å²) in [5.74, 6) is 1.38. The van der Waals surface area contributed by atoms with Gasteiger partial charge in [0.1, 0.15) is 0 Å². The van der Waals surface area contributed by atoms with Gasteiger partial charge in [0.05, 0.1) is 6.10 Å². The molecule has 0 bridgehead atoms. The topological polar surface area (TPSA) is 20.2 Å². The van der Waals surface area contributed by atoms with Gasteiger partial charge < -0.3 is 5.11 Å². The van der Waals surface area contributed by atoms with Crippen molar-refractivity contribution in [3.63, 3.8) is 0 Å². The number of hydrogen-bond acceptors (Lipinski definition) is 1. The van der Waals surface area contributed by atoms with E-state index in [0.717, 1.165) is 5.92 Å². The van der Waals surface area contributed by atoms with E-state index >= 15 is 0 Å². The molecule has 1 rings (SSSR count). The summed E-state index contributed by atoms with van der Waals surface area (Å²) in [6.45, 7) is 4.01. The van der Waals surface area contributed by atoms with Gasteiger partial charge in [0.15, 0.2) is 0 Å². The first-order valence-electron chi connectivity index (χ1n) is 3.40. The van der Waals surface area contributed by atoms with Crippen molar-refractivity contribution < 1.29 is 5.11 Å². The maximum absolute atomic E-state index is 9.03. The van der Waals surface area contributed by atoms with Crippen molar-refractivity contribution in [2.75, 3.05) is 0 Å². The summed E-state index contributed by atoms with van der Waals surface area (Å²) in [5.41, 5.74) is 0. The zero-order valence-corrected chi connectivity index (χ0v) is 5.59. The molecule has 1 aliphatic carbocycles. The van der Waals surface area contributed by atoms with E-state index in [1.165, 1.54) is 12.8 Å². The standard InChI is InChI=1S/C7H14O/c1-5(6(2)8)7-3-4-7/h5-8H,3-4H2,1-2H3/t5-,6?/m1/s1. The third-order valence-electron chi connectivity index (χ3n) is 2.13. The van der Waals surface area contributed by atoms with Crippen LogP contribution >= 0.6 is 0 Å². The number of aliphatic hydroxyl groups excluding tert-OH is 1. The third kappa shape index (κ3) is 1.22. The van der Waals surface area contributed by atoms with Crippen LogP contribution in [-0.4, -0.2) is 11.2 Å². The van der Waals surface area contributed by atoms with Crippen molar-refractivity contribution in [1.82, 2.24) is 0 Å². The first-order valence-corrected chi connectivity index (χ1v) is 3.40. The highest BCUT2D eigenvalue weighted by Crippen LogP contribution is 2.37. The summed E-state index contributed by atoms with van der Waals surface area (Å²) in [6.07, 6.45) is 2.58. The lowest BCUT2D eigenvalue weighted by Crippen LogP contribution is -2.14. The van der Waals surface area contributed by atoms with Crippen LogP contribution < -0.4 is 0 Å². The van der Waals surface area contributed by atoms with Crippen LogP contribution in [0.2, 0.25) is 0 Å². The fourth-order valence-corrected chi connectivity index (χ4v) is 1.02. The van der Waals surface area contributed by atoms with Gasteiger partial charge in [-0.25, -0.2) is 0 Å². The Balaban J connectivity index is 2.22. The molecule has 0 radical (unpaired) electrons. The van der Waals surface area contributed by atoms with Gasteiger partial charge in [0.25, 0.3) is 0 Å². The van der Waals surface area contributed by atoms with Crippen LogP contribution in [0.15, 0.2) is 0 Å². The highest BCUT2D eigenvalue weighted by atomic mass is 16.3. The normalized spacial score (nSPS) is 27.4. The Labute approximate surface area is 50.7 Å². The van der Waals surface area contributed by atoms with Crippen LogP contribution in [0, 0.1) is 11.8 Å². The monoisotopic (exact) mass is 114 g/mol. The lowest BCUT2D eigenvalue weighted by atomic mass is 10.0. The van der Waals surface area contributed by atoms with E-state index in [0.29, 0.717) is 5.92 Å². The maximum atomic E-state index is 9.03. The summed E-state index contributed by atoms with van der Waals surface area (Å²) in [5, 5.41) is 9.03. The van der Waals surface area contributed by atoms with Crippen LogP contribution in [0.25, 0.3) is 0 Å². The number of rotatable bonds is 2. The predicted molar refractivity (Wildman–Crippen MR) is 33.6 cm³/mol. The van der Waals surface area contributed by atoms with Crippen molar-refractivity contribution in [2.24, 2.45) is 11.8 Å². The van der Waals surface area contributed by atoms with E-state index in [9.17, 15) is 0 Å². The summed E-state index contributed by atoms with van der Waals surface area (Å²) in [7, 11) is 0. The molecule has 1 N–H and O–H groups in total. The highest BCUT2D eigenvalue weighted by Gasteiger charge is 2.30. The maximum Gasteiger partial charge on any atom is 0.0540 e. The SMILES string of the molecule is CC(O)[C@@H](C)C1CC1. The number of aliphatic hydroxyl groups is 1. The molecule has 0 heterocycles. The zero-order chi connectivity index (χ0) is 6.15. The van der Waals surface area contributed by atoms with Gasteiger partial charge in [-0.15, -0.1) is 0 Å². The van der Waals surface area contributed by atoms with Crippen LogP contribution in [0.5, 0.6) is 0 Å². The van der Waals surface area contributed by atoms with E-state index in [4.69, 9.17) is 5.11 Å². The molecule has 1 aliphatic rings. The summed E-state index contributed by atoms with van der Waals surface area (Å²) < 4.78 is 0. The Morgan fingerprint density at radius 2 is 1.88 bits per heavy atom. The summed E-state index contributed by atoms with van der Waals surface area (Å²) >= 11 is 0. The Bertz CT molecular complexity index is 72.5. The van der Waals surface area contributed by atoms with Gasteiger partial charge in [0, 0.05) is 0 Å². The van der Waals surface area contributed by atoms with Gasteiger partial charge in [-0.2, -0.15) is 0 Å². The minimum atomic E-state index is -0.0949. The van der Waals surface area contributed by atoms with Crippen LogP contribution in [-0.2, 0) is 0 Å². The van der Waals surface area contributed by atoms with Gasteiger partial charge in [0.2, 0.25) is 0 Å². The fraction of sp³-hybridized carbons (Fsp3) is 1.00. The number of hydrogen-bond donors (Lipinski definition) is 1. The molecule has 2 atom stereocenters.